The molecular formula is C19H17N3O3S. The Hall–Kier alpha value is -2.93. The average Bonchev–Trinajstić information content (AvgIpc) is 3.03. The van der Waals surface area contributed by atoms with E-state index < -0.39 is 0 Å². The topological polar surface area (TPSA) is 75.5 Å². The Labute approximate surface area is 154 Å². The third-order valence-electron chi connectivity index (χ3n) is 4.67. The molecule has 132 valence electrons. The molecule has 0 saturated carbocycles. The number of rotatable bonds is 4. The quantitative estimate of drug-likeness (QED) is 0.550. The summed E-state index contributed by atoms with van der Waals surface area (Å²) in [6.07, 6.45) is 0.890. The van der Waals surface area contributed by atoms with Gasteiger partial charge in [0, 0.05) is 36.5 Å². The third-order valence-corrected chi connectivity index (χ3v) is 5.68. The van der Waals surface area contributed by atoms with E-state index in [0.717, 1.165) is 11.1 Å². The number of benzene rings is 2. The van der Waals surface area contributed by atoms with Crippen LogP contribution in [0.2, 0.25) is 0 Å². The lowest BCUT2D eigenvalue weighted by molar-refractivity contribution is -0.384. The monoisotopic (exact) mass is 367 g/mol. The van der Waals surface area contributed by atoms with Crippen LogP contribution in [-0.4, -0.2) is 17.9 Å². The number of nitrogens with one attached hydrogen (secondary N) is 1. The van der Waals surface area contributed by atoms with Crippen molar-refractivity contribution in [1.82, 2.24) is 0 Å². The lowest BCUT2D eigenvalue weighted by Crippen LogP contribution is -2.22. The van der Waals surface area contributed by atoms with Crippen molar-refractivity contribution in [3.8, 4) is 0 Å². The van der Waals surface area contributed by atoms with E-state index >= 15 is 0 Å². The second-order valence-electron chi connectivity index (χ2n) is 6.42. The molecule has 0 radical (unpaired) electrons. The maximum Gasteiger partial charge on any atom is 0.292 e. The molecule has 1 aromatic heterocycles. The van der Waals surface area contributed by atoms with E-state index in [-0.39, 0.29) is 16.5 Å². The maximum absolute atomic E-state index is 11.7. The highest BCUT2D eigenvalue weighted by atomic mass is 32.1. The van der Waals surface area contributed by atoms with Crippen molar-refractivity contribution >= 4 is 44.4 Å². The second-order valence-corrected chi connectivity index (χ2v) is 7.33. The van der Waals surface area contributed by atoms with E-state index in [2.05, 4.69) is 22.8 Å². The van der Waals surface area contributed by atoms with Crippen molar-refractivity contribution in [3.63, 3.8) is 0 Å². The number of amides is 1. The molecule has 1 aliphatic heterocycles. The number of nitro groups is 1. The number of nitro benzene ring substituents is 1. The van der Waals surface area contributed by atoms with Crippen LogP contribution < -0.4 is 10.2 Å². The van der Waals surface area contributed by atoms with Crippen LogP contribution in [0, 0.1) is 10.1 Å². The average molecular weight is 367 g/mol. The first-order valence-corrected chi connectivity index (χ1v) is 9.18. The van der Waals surface area contributed by atoms with Gasteiger partial charge in [0.05, 0.1) is 4.92 Å². The molecule has 1 N–H and O–H groups in total. The van der Waals surface area contributed by atoms with Gasteiger partial charge in [0.15, 0.2) is 0 Å². The zero-order chi connectivity index (χ0) is 18.3. The minimum Gasteiger partial charge on any atom is -0.365 e. The molecule has 0 spiro atoms. The highest BCUT2D eigenvalue weighted by Crippen LogP contribution is 2.37. The van der Waals surface area contributed by atoms with Gasteiger partial charge in [-0.3, -0.25) is 14.9 Å². The molecule has 26 heavy (non-hydrogen) atoms. The van der Waals surface area contributed by atoms with E-state index in [4.69, 9.17) is 0 Å². The predicted octanol–water partition coefficient (Wildman–Crippen LogP) is 4.33. The summed E-state index contributed by atoms with van der Waals surface area (Å²) < 4.78 is 1.20. The van der Waals surface area contributed by atoms with Crippen molar-refractivity contribution in [1.29, 1.82) is 0 Å². The number of anilines is 2. The number of carbonyl (C=O) groups excluding carboxylic acids is 1. The standard InChI is InChI=1S/C19H17N3O3S/c1-21(10-13-11-26-18-5-3-2-4-14(13)18)16-9-15-12(6-7-19(23)20-15)8-17(16)22(24)25/h2-5,8-9,11H,6-7,10H2,1H3,(H,20,23). The lowest BCUT2D eigenvalue weighted by atomic mass is 10.0. The van der Waals surface area contributed by atoms with Crippen molar-refractivity contribution < 1.29 is 9.72 Å². The first kappa shape index (κ1) is 16.5. The van der Waals surface area contributed by atoms with E-state index in [1.54, 1.807) is 23.5 Å². The molecule has 0 fully saturated rings. The van der Waals surface area contributed by atoms with E-state index in [1.807, 2.05) is 24.1 Å². The van der Waals surface area contributed by atoms with E-state index in [9.17, 15) is 14.9 Å². The maximum atomic E-state index is 11.7. The van der Waals surface area contributed by atoms with Crippen molar-refractivity contribution in [2.75, 3.05) is 17.3 Å². The fourth-order valence-electron chi connectivity index (χ4n) is 3.35. The summed E-state index contributed by atoms with van der Waals surface area (Å²) in [5.74, 6) is -0.0521. The van der Waals surface area contributed by atoms with Gasteiger partial charge in [-0.2, -0.15) is 0 Å². The summed E-state index contributed by atoms with van der Waals surface area (Å²) in [5.41, 5.74) is 3.19. The number of hydrogen-bond donors (Lipinski definition) is 1. The fraction of sp³-hybridized carbons (Fsp3) is 0.211. The number of fused-ring (bicyclic) bond motifs is 2. The summed E-state index contributed by atoms with van der Waals surface area (Å²) in [7, 11) is 1.84. The molecule has 0 atom stereocenters. The predicted molar refractivity (Wildman–Crippen MR) is 104 cm³/mol. The normalized spacial score (nSPS) is 13.3. The Balaban J connectivity index is 1.72. The SMILES string of the molecule is CN(Cc1csc2ccccc12)c1cc2c(cc1[N+](=O)[O-])CCC(=O)N2. The molecule has 4 rings (SSSR count). The summed E-state index contributed by atoms with van der Waals surface area (Å²) in [6.45, 7) is 0.553. The summed E-state index contributed by atoms with van der Waals surface area (Å²) in [5, 5.41) is 17.7. The highest BCUT2D eigenvalue weighted by Gasteiger charge is 2.24. The van der Waals surface area contributed by atoms with Crippen LogP contribution in [0.3, 0.4) is 0 Å². The first-order valence-electron chi connectivity index (χ1n) is 8.30. The summed E-state index contributed by atoms with van der Waals surface area (Å²) in [4.78, 5) is 24.8. The van der Waals surface area contributed by atoms with Gasteiger partial charge >= 0.3 is 0 Å². The smallest absolute Gasteiger partial charge is 0.292 e. The van der Waals surface area contributed by atoms with Gasteiger partial charge < -0.3 is 10.2 Å². The van der Waals surface area contributed by atoms with Gasteiger partial charge in [0.25, 0.3) is 5.69 Å². The molecule has 0 aliphatic carbocycles. The molecule has 0 unspecified atom stereocenters. The molecule has 6 nitrogen and oxygen atoms in total. The van der Waals surface area contributed by atoms with Gasteiger partial charge in [-0.25, -0.2) is 0 Å². The molecular weight excluding hydrogens is 350 g/mol. The van der Waals surface area contributed by atoms with Crippen molar-refractivity contribution in [2.45, 2.75) is 19.4 Å². The second kappa shape index (κ2) is 6.42. The molecule has 0 saturated heterocycles. The van der Waals surface area contributed by atoms with Crippen LogP contribution in [0.15, 0.2) is 41.8 Å². The van der Waals surface area contributed by atoms with Crippen LogP contribution in [0.4, 0.5) is 17.1 Å². The Morgan fingerprint density at radius 3 is 2.88 bits per heavy atom. The summed E-state index contributed by atoms with van der Waals surface area (Å²) >= 11 is 1.67. The van der Waals surface area contributed by atoms with E-state index in [0.29, 0.717) is 30.8 Å². The minimum absolute atomic E-state index is 0.0521. The van der Waals surface area contributed by atoms with Crippen LogP contribution >= 0.6 is 11.3 Å². The Morgan fingerprint density at radius 1 is 1.27 bits per heavy atom. The van der Waals surface area contributed by atoms with Crippen LogP contribution in [0.1, 0.15) is 17.5 Å². The van der Waals surface area contributed by atoms with Crippen LogP contribution in [0.25, 0.3) is 10.1 Å². The first-order chi connectivity index (χ1) is 12.5. The number of carbonyl (C=O) groups is 1. The largest absolute Gasteiger partial charge is 0.365 e. The number of aryl methyl sites for hydroxylation is 1. The minimum atomic E-state index is -0.353. The Morgan fingerprint density at radius 2 is 2.08 bits per heavy atom. The van der Waals surface area contributed by atoms with Gasteiger partial charge in [0.1, 0.15) is 5.69 Å². The molecule has 0 bridgehead atoms. The molecule has 2 aromatic carbocycles. The van der Waals surface area contributed by atoms with Crippen LogP contribution in [0.5, 0.6) is 0 Å². The van der Waals surface area contributed by atoms with E-state index in [1.165, 1.54) is 10.1 Å². The van der Waals surface area contributed by atoms with Gasteiger partial charge in [0.2, 0.25) is 5.91 Å². The van der Waals surface area contributed by atoms with Crippen molar-refractivity contribution in [3.05, 3.63) is 63.0 Å². The molecule has 1 aliphatic rings. The van der Waals surface area contributed by atoms with Gasteiger partial charge in [-0.15, -0.1) is 11.3 Å². The lowest BCUT2D eigenvalue weighted by Gasteiger charge is -2.23. The molecule has 3 aromatic rings. The molecule has 7 heteroatoms. The summed E-state index contributed by atoms with van der Waals surface area (Å²) in [6, 6.07) is 11.4. The number of hydrogen-bond acceptors (Lipinski definition) is 5. The third kappa shape index (κ3) is 2.90. The highest BCUT2D eigenvalue weighted by molar-refractivity contribution is 7.17. The Bertz CT molecular complexity index is 1030. The van der Waals surface area contributed by atoms with Crippen molar-refractivity contribution in [2.24, 2.45) is 0 Å². The fourth-order valence-corrected chi connectivity index (χ4v) is 4.31. The van der Waals surface area contributed by atoms with Crippen LogP contribution in [-0.2, 0) is 17.8 Å². The Kier molecular flexibility index (Phi) is 4.08. The number of nitrogens with zero attached hydrogens (tertiary/aromatic N) is 2. The molecule has 1 amide bonds. The number of thiophene rings is 1. The zero-order valence-electron chi connectivity index (χ0n) is 14.2. The van der Waals surface area contributed by atoms with Gasteiger partial charge in [-0.1, -0.05) is 18.2 Å². The molecule has 2 heterocycles. The van der Waals surface area contributed by atoms with Gasteiger partial charge in [-0.05, 0) is 40.4 Å². The zero-order valence-corrected chi connectivity index (χ0v) is 15.0.